The van der Waals surface area contributed by atoms with Gasteiger partial charge in [0.1, 0.15) is 0 Å². The van der Waals surface area contributed by atoms with E-state index in [-0.39, 0.29) is 0 Å². The Bertz CT molecular complexity index is 1790. The van der Waals surface area contributed by atoms with E-state index in [2.05, 4.69) is 111 Å². The van der Waals surface area contributed by atoms with Crippen LogP contribution in [0.25, 0.3) is 32.3 Å². The second kappa shape index (κ2) is 9.51. The first-order valence-corrected chi connectivity index (χ1v) is 13.6. The summed E-state index contributed by atoms with van der Waals surface area (Å²) in [4.78, 5) is 2.33. The van der Waals surface area contributed by atoms with Gasteiger partial charge in [-0.25, -0.2) is 0 Å². The van der Waals surface area contributed by atoms with Crippen LogP contribution in [0.2, 0.25) is 0 Å². The lowest BCUT2D eigenvalue weighted by atomic mass is 9.87. The Morgan fingerprint density at radius 1 is 0.658 bits per heavy atom. The first-order chi connectivity index (χ1) is 18.5. The molecule has 0 aliphatic rings. The zero-order valence-electron chi connectivity index (χ0n) is 22.5. The lowest BCUT2D eigenvalue weighted by Crippen LogP contribution is -2.11. The van der Waals surface area contributed by atoms with Crippen molar-refractivity contribution >= 4 is 49.4 Å². The van der Waals surface area contributed by atoms with Gasteiger partial charge in [0.25, 0.3) is 0 Å². The van der Waals surface area contributed by atoms with Crippen LogP contribution in [0.3, 0.4) is 0 Å². The van der Waals surface area contributed by atoms with Gasteiger partial charge in [0.2, 0.25) is 0 Å². The quantitative estimate of drug-likeness (QED) is 0.216. The number of hydrogen-bond acceptors (Lipinski definition) is 2. The number of hydrogen-bond donors (Lipinski definition) is 0. The summed E-state index contributed by atoms with van der Waals surface area (Å²) in [5.41, 5.74) is 6.69. The molecule has 0 N–H and O–H groups in total. The zero-order valence-corrected chi connectivity index (χ0v) is 22.5. The molecule has 0 saturated heterocycles. The highest BCUT2D eigenvalue weighted by atomic mass is 15.1. The van der Waals surface area contributed by atoms with E-state index in [9.17, 15) is 5.26 Å². The monoisotopic (exact) mass is 492 g/mol. The molecule has 0 aliphatic heterocycles. The Hall–Kier alpha value is -4.35. The average molecular weight is 493 g/mol. The van der Waals surface area contributed by atoms with E-state index < -0.39 is 0 Å². The molecule has 0 saturated carbocycles. The maximum Gasteiger partial charge on any atom is 0.0991 e. The first-order valence-electron chi connectivity index (χ1n) is 13.6. The Balaban J connectivity index is 1.64. The van der Waals surface area contributed by atoms with Gasteiger partial charge in [-0.3, -0.25) is 0 Å². The molecule has 186 valence electrons. The van der Waals surface area contributed by atoms with E-state index in [1.807, 2.05) is 24.3 Å². The van der Waals surface area contributed by atoms with Gasteiger partial charge >= 0.3 is 0 Å². The molecule has 0 aromatic heterocycles. The van der Waals surface area contributed by atoms with Crippen LogP contribution in [0.15, 0.2) is 97.1 Å². The highest BCUT2D eigenvalue weighted by Gasteiger charge is 2.20. The number of nitrogens with zero attached hydrogens (tertiary/aromatic N) is 2. The maximum atomic E-state index is 9.40. The molecular formula is C36H32N2. The van der Waals surface area contributed by atoms with E-state index in [0.717, 1.165) is 23.5 Å². The molecule has 0 heterocycles. The van der Waals surface area contributed by atoms with Gasteiger partial charge in [-0.1, -0.05) is 82.3 Å². The first kappa shape index (κ1) is 24.0. The van der Waals surface area contributed by atoms with Gasteiger partial charge in [0, 0.05) is 16.8 Å². The SMILES string of the molecule is CCC(C)c1ccc2ccc3c(N(c4ccc(C#N)cc4)c4ccc(C(C)C)cc4)ccc4ccc1c2c43. The summed E-state index contributed by atoms with van der Waals surface area (Å²) in [6.45, 7) is 9.04. The van der Waals surface area contributed by atoms with Crippen molar-refractivity contribution in [3.63, 3.8) is 0 Å². The maximum absolute atomic E-state index is 9.40. The van der Waals surface area contributed by atoms with E-state index >= 15 is 0 Å². The van der Waals surface area contributed by atoms with Gasteiger partial charge in [-0.15, -0.1) is 0 Å². The molecule has 6 aromatic carbocycles. The molecule has 0 radical (unpaired) electrons. The Labute approximate surface area is 225 Å². The summed E-state index contributed by atoms with van der Waals surface area (Å²) in [5.74, 6) is 0.982. The molecule has 6 aromatic rings. The van der Waals surface area contributed by atoms with Crippen LogP contribution in [0.5, 0.6) is 0 Å². The van der Waals surface area contributed by atoms with Gasteiger partial charge < -0.3 is 4.90 Å². The number of benzene rings is 6. The van der Waals surface area contributed by atoms with Crippen molar-refractivity contribution in [2.24, 2.45) is 0 Å². The van der Waals surface area contributed by atoms with Crippen molar-refractivity contribution in [3.8, 4) is 6.07 Å². The van der Waals surface area contributed by atoms with Gasteiger partial charge in [0.05, 0.1) is 17.3 Å². The fourth-order valence-corrected chi connectivity index (χ4v) is 5.77. The Kier molecular flexibility index (Phi) is 6.01. The van der Waals surface area contributed by atoms with Gasteiger partial charge in [-0.05, 0) is 98.8 Å². The minimum absolute atomic E-state index is 0.474. The summed E-state index contributed by atoms with van der Waals surface area (Å²) in [5, 5.41) is 17.2. The lowest BCUT2D eigenvalue weighted by Gasteiger charge is -2.28. The van der Waals surface area contributed by atoms with Crippen LogP contribution < -0.4 is 4.90 Å². The van der Waals surface area contributed by atoms with Crippen LogP contribution in [-0.4, -0.2) is 0 Å². The summed E-state index contributed by atoms with van der Waals surface area (Å²) in [7, 11) is 0. The summed E-state index contributed by atoms with van der Waals surface area (Å²) in [6.07, 6.45) is 1.12. The Morgan fingerprint density at radius 2 is 1.21 bits per heavy atom. The third-order valence-corrected chi connectivity index (χ3v) is 8.13. The average Bonchev–Trinajstić information content (AvgIpc) is 2.96. The molecule has 1 atom stereocenters. The van der Waals surface area contributed by atoms with Crippen molar-refractivity contribution in [1.82, 2.24) is 0 Å². The number of nitriles is 1. The van der Waals surface area contributed by atoms with E-state index in [0.29, 0.717) is 17.4 Å². The van der Waals surface area contributed by atoms with Gasteiger partial charge in [-0.2, -0.15) is 5.26 Å². The minimum Gasteiger partial charge on any atom is -0.310 e. The van der Waals surface area contributed by atoms with Crippen LogP contribution in [0.1, 0.15) is 62.6 Å². The van der Waals surface area contributed by atoms with Crippen molar-refractivity contribution in [2.45, 2.75) is 46.0 Å². The largest absolute Gasteiger partial charge is 0.310 e. The van der Waals surface area contributed by atoms with E-state index in [4.69, 9.17) is 0 Å². The molecule has 0 aliphatic carbocycles. The van der Waals surface area contributed by atoms with Crippen LogP contribution in [0.4, 0.5) is 17.1 Å². The summed E-state index contributed by atoms with van der Waals surface area (Å²) < 4.78 is 0. The standard InChI is InChI=1S/C36H32N2/c1-5-24(4)31-18-10-27-12-20-33-34(21-13-28-11-19-32(31)35(27)36(28)33)38(29-14-6-25(22-37)7-15-29)30-16-8-26(9-17-30)23(2)3/h6-21,23-24H,5H2,1-4H3. The lowest BCUT2D eigenvalue weighted by molar-refractivity contribution is 0.740. The highest BCUT2D eigenvalue weighted by Crippen LogP contribution is 2.45. The molecule has 0 spiro atoms. The van der Waals surface area contributed by atoms with Crippen molar-refractivity contribution < 1.29 is 0 Å². The van der Waals surface area contributed by atoms with E-state index in [1.165, 1.54) is 43.4 Å². The van der Waals surface area contributed by atoms with Crippen molar-refractivity contribution in [1.29, 1.82) is 5.26 Å². The highest BCUT2D eigenvalue weighted by molar-refractivity contribution is 6.26. The van der Waals surface area contributed by atoms with Crippen LogP contribution >= 0.6 is 0 Å². The molecule has 1 unspecified atom stereocenters. The van der Waals surface area contributed by atoms with Crippen molar-refractivity contribution in [3.05, 3.63) is 114 Å². The second-order valence-corrected chi connectivity index (χ2v) is 10.7. The smallest absolute Gasteiger partial charge is 0.0991 e. The fraction of sp³-hybridized carbons (Fsp3) is 0.194. The normalized spacial score (nSPS) is 12.4. The molecule has 2 nitrogen and oxygen atoms in total. The molecule has 0 bridgehead atoms. The molecule has 6 rings (SSSR count). The molecule has 38 heavy (non-hydrogen) atoms. The predicted octanol–water partition coefficient (Wildman–Crippen LogP) is 10.6. The second-order valence-electron chi connectivity index (χ2n) is 10.7. The molecule has 0 fully saturated rings. The molecular weight excluding hydrogens is 460 g/mol. The summed E-state index contributed by atoms with van der Waals surface area (Å²) >= 11 is 0. The zero-order chi connectivity index (χ0) is 26.4. The Morgan fingerprint density at radius 3 is 1.82 bits per heavy atom. The third-order valence-electron chi connectivity index (χ3n) is 8.13. The van der Waals surface area contributed by atoms with Gasteiger partial charge in [0.15, 0.2) is 0 Å². The third kappa shape index (κ3) is 3.87. The van der Waals surface area contributed by atoms with Crippen molar-refractivity contribution in [2.75, 3.05) is 4.90 Å². The van der Waals surface area contributed by atoms with Crippen LogP contribution in [-0.2, 0) is 0 Å². The van der Waals surface area contributed by atoms with Crippen LogP contribution in [0, 0.1) is 11.3 Å². The number of anilines is 3. The minimum atomic E-state index is 0.474. The fourth-order valence-electron chi connectivity index (χ4n) is 5.77. The molecule has 2 heteroatoms. The predicted molar refractivity (Wildman–Crippen MR) is 162 cm³/mol. The topological polar surface area (TPSA) is 27.0 Å². The summed E-state index contributed by atoms with van der Waals surface area (Å²) in [6, 6.07) is 37.3. The number of rotatable bonds is 6. The molecule has 0 amide bonds. The van der Waals surface area contributed by atoms with E-state index in [1.54, 1.807) is 0 Å².